The standard InChI is InChI=1S/C12H13FO3/c1-8-6-10(13)9(7-11(8)15-2)4-5-12(14)16-3/h4-7H,1-3H3. The maximum absolute atomic E-state index is 13.5. The number of hydrogen-bond donors (Lipinski definition) is 0. The molecule has 0 aliphatic heterocycles. The first-order valence-corrected chi connectivity index (χ1v) is 4.68. The fourth-order valence-electron chi connectivity index (χ4n) is 1.24. The molecule has 0 amide bonds. The molecule has 0 aliphatic rings. The topological polar surface area (TPSA) is 35.5 Å². The molecule has 0 spiro atoms. The molecule has 0 aliphatic carbocycles. The van der Waals surface area contributed by atoms with Crippen LogP contribution in [-0.4, -0.2) is 20.2 Å². The molecular weight excluding hydrogens is 211 g/mol. The van der Waals surface area contributed by atoms with Crippen molar-refractivity contribution in [2.75, 3.05) is 14.2 Å². The second-order valence-electron chi connectivity index (χ2n) is 3.20. The molecule has 0 saturated heterocycles. The number of carbonyl (C=O) groups excluding carboxylic acids is 1. The number of halogens is 1. The highest BCUT2D eigenvalue weighted by molar-refractivity contribution is 5.87. The summed E-state index contributed by atoms with van der Waals surface area (Å²) in [6.07, 6.45) is 2.51. The van der Waals surface area contributed by atoms with Crippen LogP contribution in [0, 0.1) is 12.7 Å². The lowest BCUT2D eigenvalue weighted by Gasteiger charge is -2.06. The van der Waals surface area contributed by atoms with E-state index < -0.39 is 11.8 Å². The van der Waals surface area contributed by atoms with Crippen molar-refractivity contribution in [1.29, 1.82) is 0 Å². The van der Waals surface area contributed by atoms with E-state index in [9.17, 15) is 9.18 Å². The molecule has 3 nitrogen and oxygen atoms in total. The van der Waals surface area contributed by atoms with Crippen molar-refractivity contribution in [3.05, 3.63) is 35.2 Å². The van der Waals surface area contributed by atoms with Crippen molar-refractivity contribution in [3.8, 4) is 5.75 Å². The van der Waals surface area contributed by atoms with E-state index in [4.69, 9.17) is 4.74 Å². The molecule has 0 radical (unpaired) electrons. The first kappa shape index (κ1) is 12.2. The van der Waals surface area contributed by atoms with Crippen LogP contribution in [0.5, 0.6) is 5.75 Å². The molecule has 1 aromatic rings. The predicted octanol–water partition coefficient (Wildman–Crippen LogP) is 2.33. The minimum atomic E-state index is -0.529. The van der Waals surface area contributed by atoms with Gasteiger partial charge in [-0.3, -0.25) is 0 Å². The van der Waals surface area contributed by atoms with Gasteiger partial charge in [0, 0.05) is 11.6 Å². The Morgan fingerprint density at radius 1 is 1.38 bits per heavy atom. The third-order valence-electron chi connectivity index (χ3n) is 2.11. The third-order valence-corrected chi connectivity index (χ3v) is 2.11. The fraction of sp³-hybridized carbons (Fsp3) is 0.250. The summed E-state index contributed by atoms with van der Waals surface area (Å²) in [6.45, 7) is 1.75. The Morgan fingerprint density at radius 2 is 2.06 bits per heavy atom. The van der Waals surface area contributed by atoms with Crippen molar-refractivity contribution >= 4 is 12.0 Å². The van der Waals surface area contributed by atoms with Gasteiger partial charge in [0.1, 0.15) is 11.6 Å². The van der Waals surface area contributed by atoms with Gasteiger partial charge in [0.25, 0.3) is 0 Å². The maximum atomic E-state index is 13.5. The Morgan fingerprint density at radius 3 is 2.62 bits per heavy atom. The van der Waals surface area contributed by atoms with Crippen LogP contribution < -0.4 is 4.74 Å². The van der Waals surface area contributed by atoms with Crippen LogP contribution in [0.15, 0.2) is 18.2 Å². The van der Waals surface area contributed by atoms with Crippen LogP contribution in [0.25, 0.3) is 6.08 Å². The average molecular weight is 224 g/mol. The Balaban J connectivity index is 3.05. The normalized spacial score (nSPS) is 10.5. The number of carbonyl (C=O) groups is 1. The quantitative estimate of drug-likeness (QED) is 0.584. The summed E-state index contributed by atoms with van der Waals surface area (Å²) < 4.78 is 22.9. The lowest BCUT2D eigenvalue weighted by atomic mass is 10.1. The second kappa shape index (κ2) is 5.30. The van der Waals surface area contributed by atoms with Gasteiger partial charge in [0.05, 0.1) is 14.2 Å². The van der Waals surface area contributed by atoms with Gasteiger partial charge in [-0.2, -0.15) is 0 Å². The molecule has 0 aromatic heterocycles. The number of rotatable bonds is 3. The highest BCUT2D eigenvalue weighted by Crippen LogP contribution is 2.22. The van der Waals surface area contributed by atoms with Gasteiger partial charge in [-0.1, -0.05) is 0 Å². The van der Waals surface area contributed by atoms with Gasteiger partial charge in [-0.25, -0.2) is 9.18 Å². The van der Waals surface area contributed by atoms with Crippen LogP contribution in [0.1, 0.15) is 11.1 Å². The molecule has 0 N–H and O–H groups in total. The van der Waals surface area contributed by atoms with Gasteiger partial charge < -0.3 is 9.47 Å². The Labute approximate surface area is 93.5 Å². The van der Waals surface area contributed by atoms with Crippen LogP contribution in [-0.2, 0) is 9.53 Å². The summed E-state index contributed by atoms with van der Waals surface area (Å²) in [7, 11) is 2.77. The maximum Gasteiger partial charge on any atom is 0.330 e. The van der Waals surface area contributed by atoms with Crippen LogP contribution in [0.4, 0.5) is 4.39 Å². The summed E-state index contributed by atoms with van der Waals surface area (Å²) in [5.74, 6) is -0.358. The number of methoxy groups -OCH3 is 2. The lowest BCUT2D eigenvalue weighted by molar-refractivity contribution is -0.134. The van der Waals surface area contributed by atoms with Crippen molar-refractivity contribution in [2.24, 2.45) is 0 Å². The summed E-state index contributed by atoms with van der Waals surface area (Å²) in [4.78, 5) is 10.9. The summed E-state index contributed by atoms with van der Waals surface area (Å²) in [6, 6.07) is 2.89. The van der Waals surface area contributed by atoms with Gasteiger partial charge >= 0.3 is 5.97 Å². The first-order chi connectivity index (χ1) is 7.58. The summed E-state index contributed by atoms with van der Waals surface area (Å²) in [5, 5.41) is 0. The van der Waals surface area contributed by atoms with E-state index >= 15 is 0 Å². The highest BCUT2D eigenvalue weighted by Gasteiger charge is 2.05. The Kier molecular flexibility index (Phi) is 4.05. The molecule has 0 saturated carbocycles. The number of ether oxygens (including phenoxy) is 2. The monoisotopic (exact) mass is 224 g/mol. The largest absolute Gasteiger partial charge is 0.496 e. The Hall–Kier alpha value is -1.84. The Bertz CT molecular complexity index is 425. The van der Waals surface area contributed by atoms with Crippen LogP contribution >= 0.6 is 0 Å². The van der Waals surface area contributed by atoms with Crippen LogP contribution in [0.3, 0.4) is 0 Å². The smallest absolute Gasteiger partial charge is 0.330 e. The molecule has 16 heavy (non-hydrogen) atoms. The molecule has 0 bridgehead atoms. The van der Waals surface area contributed by atoms with Crippen molar-refractivity contribution in [2.45, 2.75) is 6.92 Å². The van der Waals surface area contributed by atoms with Crippen molar-refractivity contribution in [3.63, 3.8) is 0 Å². The number of hydrogen-bond acceptors (Lipinski definition) is 3. The van der Waals surface area contributed by atoms with Gasteiger partial charge in [0.2, 0.25) is 0 Å². The minimum Gasteiger partial charge on any atom is -0.496 e. The molecule has 4 heteroatoms. The van der Waals surface area contributed by atoms with Crippen LogP contribution in [0.2, 0.25) is 0 Å². The third kappa shape index (κ3) is 2.82. The predicted molar refractivity (Wildman–Crippen MR) is 58.7 cm³/mol. The van der Waals surface area contributed by atoms with Crippen molar-refractivity contribution in [1.82, 2.24) is 0 Å². The molecule has 0 unspecified atom stereocenters. The zero-order valence-electron chi connectivity index (χ0n) is 9.41. The second-order valence-corrected chi connectivity index (χ2v) is 3.20. The highest BCUT2D eigenvalue weighted by atomic mass is 19.1. The van der Waals surface area contributed by atoms with Gasteiger partial charge in [0.15, 0.2) is 0 Å². The number of esters is 1. The van der Waals surface area contributed by atoms with E-state index in [0.29, 0.717) is 11.3 Å². The van der Waals surface area contributed by atoms with E-state index in [-0.39, 0.29) is 5.56 Å². The van der Waals surface area contributed by atoms with Gasteiger partial charge in [-0.05, 0) is 30.7 Å². The molecule has 1 rings (SSSR count). The first-order valence-electron chi connectivity index (χ1n) is 4.68. The SMILES string of the molecule is COC(=O)C=Cc1cc(OC)c(C)cc1F. The molecule has 1 aromatic carbocycles. The zero-order valence-corrected chi connectivity index (χ0v) is 9.41. The molecule has 0 fully saturated rings. The molecule has 86 valence electrons. The van der Waals surface area contributed by atoms with E-state index in [1.165, 1.54) is 32.4 Å². The molecule has 0 heterocycles. The molecular formula is C12H13FO3. The zero-order chi connectivity index (χ0) is 12.1. The molecule has 0 atom stereocenters. The summed E-state index contributed by atoms with van der Waals surface area (Å²) in [5.41, 5.74) is 0.989. The lowest BCUT2D eigenvalue weighted by Crippen LogP contribution is -1.95. The van der Waals surface area contributed by atoms with Crippen molar-refractivity contribution < 1.29 is 18.7 Å². The van der Waals surface area contributed by atoms with E-state index in [0.717, 1.165) is 6.08 Å². The average Bonchev–Trinajstić information content (AvgIpc) is 2.27. The van der Waals surface area contributed by atoms with E-state index in [1.54, 1.807) is 6.92 Å². The summed E-state index contributed by atoms with van der Waals surface area (Å²) >= 11 is 0. The number of benzene rings is 1. The van der Waals surface area contributed by atoms with Gasteiger partial charge in [-0.15, -0.1) is 0 Å². The van der Waals surface area contributed by atoms with E-state index in [2.05, 4.69) is 4.74 Å². The number of aryl methyl sites for hydroxylation is 1. The van der Waals surface area contributed by atoms with E-state index in [1.807, 2.05) is 0 Å². The minimum absolute atomic E-state index is 0.285. The fourth-order valence-corrected chi connectivity index (χ4v) is 1.24.